The predicted molar refractivity (Wildman–Crippen MR) is 108 cm³/mol. The largest absolute Gasteiger partial charge is 0.469 e. The van der Waals surface area contributed by atoms with Crippen LogP contribution >= 0.6 is 15.9 Å². The van der Waals surface area contributed by atoms with Crippen molar-refractivity contribution in [1.29, 1.82) is 0 Å². The third-order valence-electron chi connectivity index (χ3n) is 4.24. The monoisotopic (exact) mass is 424 g/mol. The minimum atomic E-state index is -1.27. The maximum atomic E-state index is 12.3. The number of aliphatic hydroxyl groups is 1. The molecule has 26 heavy (non-hydrogen) atoms. The standard InChI is InChI=1S/C21H29BrO4/c1-3-4-5-6-9-12-15-21(25)16-18(22)20(24)17(21)13-10-7-8-11-14-19(23)26-2/h7,9-10,12-13,16,25H,3-6,8,11,14-15H2,1-2H3. The summed E-state index contributed by atoms with van der Waals surface area (Å²) >= 11 is 3.23. The number of hydrogen-bond donors (Lipinski definition) is 1. The van der Waals surface area contributed by atoms with E-state index in [2.05, 4.69) is 33.7 Å². The molecule has 0 saturated heterocycles. The second-order valence-electron chi connectivity index (χ2n) is 6.39. The lowest BCUT2D eigenvalue weighted by molar-refractivity contribution is -0.140. The summed E-state index contributed by atoms with van der Waals surface area (Å²) in [5.41, 5.74) is -0.903. The molecule has 0 saturated carbocycles. The van der Waals surface area contributed by atoms with E-state index in [0.717, 1.165) is 12.8 Å². The fourth-order valence-electron chi connectivity index (χ4n) is 2.69. The van der Waals surface area contributed by atoms with Crippen molar-refractivity contribution in [3.05, 3.63) is 46.5 Å². The van der Waals surface area contributed by atoms with E-state index in [-0.39, 0.29) is 11.8 Å². The lowest BCUT2D eigenvalue weighted by Gasteiger charge is -2.20. The van der Waals surface area contributed by atoms with Crippen molar-refractivity contribution in [2.24, 2.45) is 0 Å². The van der Waals surface area contributed by atoms with Gasteiger partial charge in [-0.25, -0.2) is 0 Å². The second kappa shape index (κ2) is 12.0. The van der Waals surface area contributed by atoms with E-state index in [1.165, 1.54) is 20.0 Å². The van der Waals surface area contributed by atoms with Crippen molar-refractivity contribution in [2.45, 2.75) is 63.9 Å². The Labute approximate surface area is 164 Å². The highest BCUT2D eigenvalue weighted by atomic mass is 79.9. The second-order valence-corrected chi connectivity index (χ2v) is 7.25. The Morgan fingerprint density at radius 3 is 2.65 bits per heavy atom. The first-order chi connectivity index (χ1) is 12.4. The highest BCUT2D eigenvalue weighted by Gasteiger charge is 2.39. The summed E-state index contributed by atoms with van der Waals surface area (Å²) in [5.74, 6) is -0.415. The molecule has 0 amide bonds. The molecule has 1 N–H and O–H groups in total. The number of halogens is 1. The Hall–Kier alpha value is -1.46. The fourth-order valence-corrected chi connectivity index (χ4v) is 3.28. The van der Waals surface area contributed by atoms with Gasteiger partial charge < -0.3 is 9.84 Å². The number of Topliss-reactive ketones (excluding diaryl/α,β-unsaturated/α-hetero) is 1. The highest BCUT2D eigenvalue weighted by Crippen LogP contribution is 2.36. The summed E-state index contributed by atoms with van der Waals surface area (Å²) in [5, 5.41) is 10.9. The molecule has 0 aromatic carbocycles. The van der Waals surface area contributed by atoms with Gasteiger partial charge in [0.2, 0.25) is 0 Å². The first kappa shape index (κ1) is 22.6. The number of allylic oxidation sites excluding steroid dienone is 5. The Morgan fingerprint density at radius 2 is 1.96 bits per heavy atom. The van der Waals surface area contributed by atoms with Crippen LogP contribution in [0.5, 0.6) is 0 Å². The normalized spacial score (nSPS) is 21.9. The van der Waals surface area contributed by atoms with Crippen LogP contribution in [-0.4, -0.2) is 29.6 Å². The highest BCUT2D eigenvalue weighted by molar-refractivity contribution is 9.12. The summed E-state index contributed by atoms with van der Waals surface area (Å²) in [6.45, 7) is 2.17. The molecule has 1 aliphatic rings. The topological polar surface area (TPSA) is 63.6 Å². The van der Waals surface area contributed by atoms with Gasteiger partial charge >= 0.3 is 5.97 Å². The van der Waals surface area contributed by atoms with E-state index in [9.17, 15) is 14.7 Å². The number of ether oxygens (including phenoxy) is 1. The number of ketones is 1. The molecule has 1 atom stereocenters. The van der Waals surface area contributed by atoms with Gasteiger partial charge in [-0.1, -0.05) is 50.1 Å². The maximum Gasteiger partial charge on any atom is 0.305 e. The number of rotatable bonds is 11. The van der Waals surface area contributed by atoms with Gasteiger partial charge in [-0.15, -0.1) is 0 Å². The summed E-state index contributed by atoms with van der Waals surface area (Å²) in [6.07, 6.45) is 17.5. The molecule has 0 radical (unpaired) electrons. The fraction of sp³-hybridized carbons (Fsp3) is 0.524. The predicted octanol–water partition coefficient (Wildman–Crippen LogP) is 4.93. The molecule has 0 heterocycles. The number of esters is 1. The summed E-state index contributed by atoms with van der Waals surface area (Å²) in [4.78, 5) is 23.3. The number of carbonyl (C=O) groups is 2. The van der Waals surface area contributed by atoms with Crippen molar-refractivity contribution in [3.63, 3.8) is 0 Å². The van der Waals surface area contributed by atoms with Crippen LogP contribution < -0.4 is 0 Å². The number of carbonyl (C=O) groups excluding carboxylic acids is 2. The van der Waals surface area contributed by atoms with Crippen LogP contribution in [0.2, 0.25) is 0 Å². The molecule has 0 fully saturated rings. The molecular formula is C21H29BrO4. The van der Waals surface area contributed by atoms with Gasteiger partial charge in [0.15, 0.2) is 5.78 Å². The Balaban J connectivity index is 2.62. The number of hydrogen-bond acceptors (Lipinski definition) is 4. The Bertz CT molecular complexity index is 601. The molecular weight excluding hydrogens is 396 g/mol. The maximum absolute atomic E-state index is 12.3. The van der Waals surface area contributed by atoms with E-state index in [1.54, 1.807) is 18.2 Å². The number of methoxy groups -OCH3 is 1. The van der Waals surface area contributed by atoms with Crippen LogP contribution in [0.25, 0.3) is 0 Å². The molecule has 0 spiro atoms. The zero-order valence-electron chi connectivity index (χ0n) is 15.7. The molecule has 0 aromatic heterocycles. The van der Waals surface area contributed by atoms with Crippen molar-refractivity contribution in [3.8, 4) is 0 Å². The van der Waals surface area contributed by atoms with E-state index < -0.39 is 5.60 Å². The third kappa shape index (κ3) is 7.42. The molecule has 1 unspecified atom stereocenters. The average Bonchev–Trinajstić information content (AvgIpc) is 2.83. The van der Waals surface area contributed by atoms with Gasteiger partial charge in [-0.2, -0.15) is 0 Å². The van der Waals surface area contributed by atoms with Gasteiger partial charge in [0.05, 0.1) is 11.6 Å². The van der Waals surface area contributed by atoms with E-state index in [1.807, 2.05) is 12.2 Å². The molecule has 5 heteroatoms. The molecule has 0 bridgehead atoms. The summed E-state index contributed by atoms with van der Waals surface area (Å²) in [7, 11) is 1.37. The summed E-state index contributed by atoms with van der Waals surface area (Å²) in [6, 6.07) is 0. The lowest BCUT2D eigenvalue weighted by Crippen LogP contribution is -2.27. The van der Waals surface area contributed by atoms with Gasteiger partial charge in [-0.3, -0.25) is 9.59 Å². The van der Waals surface area contributed by atoms with E-state index in [4.69, 9.17) is 0 Å². The zero-order valence-corrected chi connectivity index (χ0v) is 17.3. The van der Waals surface area contributed by atoms with Gasteiger partial charge in [0.25, 0.3) is 0 Å². The first-order valence-corrected chi connectivity index (χ1v) is 9.98. The molecule has 4 nitrogen and oxygen atoms in total. The van der Waals surface area contributed by atoms with Crippen molar-refractivity contribution in [1.82, 2.24) is 0 Å². The van der Waals surface area contributed by atoms with Crippen molar-refractivity contribution < 1.29 is 19.4 Å². The smallest absolute Gasteiger partial charge is 0.305 e. The van der Waals surface area contributed by atoms with Crippen LogP contribution in [0.15, 0.2) is 46.5 Å². The van der Waals surface area contributed by atoms with Crippen molar-refractivity contribution in [2.75, 3.05) is 7.11 Å². The lowest BCUT2D eigenvalue weighted by atomic mass is 9.92. The van der Waals surface area contributed by atoms with Crippen molar-refractivity contribution >= 4 is 27.7 Å². The van der Waals surface area contributed by atoms with Gasteiger partial charge in [0.1, 0.15) is 5.60 Å². The van der Waals surface area contributed by atoms with Crippen LogP contribution in [0.3, 0.4) is 0 Å². The number of unbranched alkanes of at least 4 members (excludes halogenated alkanes) is 4. The van der Waals surface area contributed by atoms with Crippen LogP contribution in [-0.2, 0) is 14.3 Å². The van der Waals surface area contributed by atoms with E-state index >= 15 is 0 Å². The zero-order chi connectivity index (χ0) is 19.4. The minimum absolute atomic E-state index is 0.189. The molecule has 1 rings (SSSR count). The first-order valence-electron chi connectivity index (χ1n) is 9.19. The minimum Gasteiger partial charge on any atom is -0.469 e. The average molecular weight is 425 g/mol. The molecule has 0 aromatic rings. The van der Waals surface area contributed by atoms with E-state index in [0.29, 0.717) is 35.7 Å². The summed E-state index contributed by atoms with van der Waals surface area (Å²) < 4.78 is 4.98. The van der Waals surface area contributed by atoms with Crippen LogP contribution in [0.1, 0.15) is 58.3 Å². The third-order valence-corrected chi connectivity index (χ3v) is 4.83. The molecule has 144 valence electrons. The van der Waals surface area contributed by atoms with Gasteiger partial charge in [0, 0.05) is 18.4 Å². The van der Waals surface area contributed by atoms with Gasteiger partial charge in [-0.05, 0) is 47.7 Å². The quantitative estimate of drug-likeness (QED) is 0.221. The molecule has 0 aliphatic heterocycles. The van der Waals surface area contributed by atoms with Crippen LogP contribution in [0, 0.1) is 0 Å². The Morgan fingerprint density at radius 1 is 1.23 bits per heavy atom. The van der Waals surface area contributed by atoms with Crippen LogP contribution in [0.4, 0.5) is 0 Å². The Kier molecular flexibility index (Phi) is 10.4. The SMILES string of the molecule is CCCCCC=CCC1(O)C=C(Br)C(=O)C1=CC=CCCCC(=O)OC. The molecule has 1 aliphatic carbocycles.